The Kier molecular flexibility index (Phi) is 4.50. The number of halogens is 1. The Labute approximate surface area is 112 Å². The summed E-state index contributed by atoms with van der Waals surface area (Å²) < 4.78 is 13.9. The molecule has 0 aliphatic carbocycles. The molecule has 0 aromatic heterocycles. The number of amides is 1. The van der Waals surface area contributed by atoms with Crippen LogP contribution in [0.15, 0.2) is 24.3 Å². The van der Waals surface area contributed by atoms with Crippen LogP contribution in [0.4, 0.5) is 4.39 Å². The van der Waals surface area contributed by atoms with Gasteiger partial charge in [-0.05, 0) is 25.5 Å². The van der Waals surface area contributed by atoms with Gasteiger partial charge in [-0.25, -0.2) is 4.39 Å². The summed E-state index contributed by atoms with van der Waals surface area (Å²) in [6.07, 6.45) is 1.73. The molecule has 2 rings (SSSR count). The first-order chi connectivity index (χ1) is 9.19. The molecule has 5 heteroatoms. The van der Waals surface area contributed by atoms with Crippen LogP contribution in [0.25, 0.3) is 0 Å². The summed E-state index contributed by atoms with van der Waals surface area (Å²) in [7, 11) is 1.62. The Balaban J connectivity index is 2.27. The molecule has 1 saturated heterocycles. The molecular weight excluding hydrogens is 245 g/mol. The van der Waals surface area contributed by atoms with Gasteiger partial charge in [0.25, 0.3) is 0 Å². The number of nitrogens with two attached hydrogens (primary N) is 1. The van der Waals surface area contributed by atoms with E-state index in [0.29, 0.717) is 12.1 Å². The predicted molar refractivity (Wildman–Crippen MR) is 72.0 cm³/mol. The van der Waals surface area contributed by atoms with Gasteiger partial charge in [0.1, 0.15) is 5.82 Å². The molecule has 0 saturated carbocycles. The van der Waals surface area contributed by atoms with Gasteiger partial charge in [0.2, 0.25) is 5.91 Å². The van der Waals surface area contributed by atoms with Crippen molar-refractivity contribution in [3.05, 3.63) is 35.6 Å². The van der Waals surface area contributed by atoms with Crippen LogP contribution in [-0.2, 0) is 4.79 Å². The van der Waals surface area contributed by atoms with E-state index < -0.39 is 0 Å². The maximum absolute atomic E-state index is 13.9. The van der Waals surface area contributed by atoms with Crippen molar-refractivity contribution in [2.75, 3.05) is 20.1 Å². The van der Waals surface area contributed by atoms with Crippen molar-refractivity contribution < 1.29 is 9.18 Å². The first-order valence-electron chi connectivity index (χ1n) is 6.61. The van der Waals surface area contributed by atoms with Crippen molar-refractivity contribution in [1.82, 2.24) is 10.2 Å². The number of hydrogen-bond donors (Lipinski definition) is 2. The summed E-state index contributed by atoms with van der Waals surface area (Å²) in [6.45, 7) is 1.07. The van der Waals surface area contributed by atoms with Crippen LogP contribution in [0.5, 0.6) is 0 Å². The highest BCUT2D eigenvalue weighted by atomic mass is 19.1. The smallest absolute Gasteiger partial charge is 0.237 e. The van der Waals surface area contributed by atoms with Crippen LogP contribution in [0, 0.1) is 5.82 Å². The molecule has 0 radical (unpaired) electrons. The van der Waals surface area contributed by atoms with Crippen molar-refractivity contribution in [2.45, 2.75) is 24.9 Å². The van der Waals surface area contributed by atoms with Gasteiger partial charge in [0, 0.05) is 19.2 Å². The molecule has 1 fully saturated rings. The molecule has 2 atom stereocenters. The molecule has 19 heavy (non-hydrogen) atoms. The van der Waals surface area contributed by atoms with Gasteiger partial charge in [-0.2, -0.15) is 0 Å². The third-order valence-corrected chi connectivity index (χ3v) is 3.73. The number of likely N-dealkylation sites (tertiary alicyclic amines) is 1. The molecule has 3 N–H and O–H groups in total. The normalized spacial score (nSPS) is 21.3. The number of likely N-dealkylation sites (N-methyl/N-ethyl adjacent to an activating group) is 1. The average Bonchev–Trinajstić information content (AvgIpc) is 2.90. The van der Waals surface area contributed by atoms with Crippen LogP contribution in [-0.4, -0.2) is 37.0 Å². The van der Waals surface area contributed by atoms with E-state index in [1.807, 2.05) is 4.90 Å². The Morgan fingerprint density at radius 3 is 2.95 bits per heavy atom. The average molecular weight is 265 g/mol. The fraction of sp³-hybridized carbons (Fsp3) is 0.500. The topological polar surface area (TPSA) is 58.4 Å². The van der Waals surface area contributed by atoms with Gasteiger partial charge in [0.15, 0.2) is 0 Å². The standard InChI is InChI=1S/C14H20FN3O/c1-17-14(19)12-7-4-8-18(12)13(9-16)10-5-2-3-6-11(10)15/h2-3,5-6,12-13H,4,7-9,16H2,1H3,(H,17,19). The molecule has 4 nitrogen and oxygen atoms in total. The van der Waals surface area contributed by atoms with E-state index in [1.165, 1.54) is 6.07 Å². The minimum atomic E-state index is -0.263. The Hall–Kier alpha value is -1.46. The molecule has 1 amide bonds. The second-order valence-corrected chi connectivity index (χ2v) is 4.78. The summed E-state index contributed by atoms with van der Waals surface area (Å²) in [4.78, 5) is 13.9. The van der Waals surface area contributed by atoms with Gasteiger partial charge in [-0.15, -0.1) is 0 Å². The molecular formula is C14H20FN3O. The maximum atomic E-state index is 13.9. The highest BCUT2D eigenvalue weighted by Crippen LogP contribution is 2.30. The zero-order chi connectivity index (χ0) is 13.8. The molecule has 1 heterocycles. The minimum absolute atomic E-state index is 0.0210. The summed E-state index contributed by atoms with van der Waals surface area (Å²) in [6, 6.07) is 6.18. The van der Waals surface area contributed by atoms with Gasteiger partial charge in [-0.1, -0.05) is 18.2 Å². The molecule has 2 unspecified atom stereocenters. The van der Waals surface area contributed by atoms with Crippen LogP contribution < -0.4 is 11.1 Å². The van der Waals surface area contributed by atoms with Crippen LogP contribution >= 0.6 is 0 Å². The molecule has 0 spiro atoms. The second-order valence-electron chi connectivity index (χ2n) is 4.78. The van der Waals surface area contributed by atoms with E-state index in [4.69, 9.17) is 5.73 Å². The third kappa shape index (κ3) is 2.77. The van der Waals surface area contributed by atoms with Gasteiger partial charge < -0.3 is 11.1 Å². The Morgan fingerprint density at radius 1 is 1.58 bits per heavy atom. The number of benzene rings is 1. The molecule has 0 bridgehead atoms. The number of rotatable bonds is 4. The molecule has 1 aliphatic heterocycles. The fourth-order valence-corrected chi connectivity index (χ4v) is 2.80. The zero-order valence-corrected chi connectivity index (χ0v) is 11.1. The fourth-order valence-electron chi connectivity index (χ4n) is 2.80. The summed E-state index contributed by atoms with van der Waals surface area (Å²) in [5.74, 6) is -0.284. The van der Waals surface area contributed by atoms with Crippen molar-refractivity contribution in [2.24, 2.45) is 5.73 Å². The summed E-state index contributed by atoms with van der Waals surface area (Å²) in [5, 5.41) is 2.67. The lowest BCUT2D eigenvalue weighted by molar-refractivity contribution is -0.125. The van der Waals surface area contributed by atoms with E-state index in [1.54, 1.807) is 25.2 Å². The van der Waals surface area contributed by atoms with Gasteiger partial charge in [0.05, 0.1) is 12.1 Å². The van der Waals surface area contributed by atoms with E-state index >= 15 is 0 Å². The SMILES string of the molecule is CNC(=O)C1CCCN1C(CN)c1ccccc1F. The molecule has 104 valence electrons. The largest absolute Gasteiger partial charge is 0.358 e. The highest BCUT2D eigenvalue weighted by molar-refractivity contribution is 5.81. The monoisotopic (exact) mass is 265 g/mol. The first-order valence-corrected chi connectivity index (χ1v) is 6.61. The van der Waals surface area contributed by atoms with E-state index in [-0.39, 0.29) is 23.8 Å². The second kappa shape index (κ2) is 6.12. The van der Waals surface area contributed by atoms with Crippen molar-refractivity contribution >= 4 is 5.91 Å². The number of nitrogens with zero attached hydrogens (tertiary/aromatic N) is 1. The molecule has 1 aromatic rings. The van der Waals surface area contributed by atoms with Gasteiger partial charge in [-0.3, -0.25) is 9.69 Å². The first kappa shape index (κ1) is 14.0. The quantitative estimate of drug-likeness (QED) is 0.855. The van der Waals surface area contributed by atoms with Crippen LogP contribution in [0.3, 0.4) is 0 Å². The molecule has 1 aliphatic rings. The number of hydrogen-bond acceptors (Lipinski definition) is 3. The predicted octanol–water partition coefficient (Wildman–Crippen LogP) is 1.04. The summed E-state index contributed by atoms with van der Waals surface area (Å²) >= 11 is 0. The van der Waals surface area contributed by atoms with Crippen LogP contribution in [0.1, 0.15) is 24.4 Å². The molecule has 1 aromatic carbocycles. The minimum Gasteiger partial charge on any atom is -0.358 e. The highest BCUT2D eigenvalue weighted by Gasteiger charge is 2.35. The zero-order valence-electron chi connectivity index (χ0n) is 11.1. The van der Waals surface area contributed by atoms with E-state index in [0.717, 1.165) is 19.4 Å². The number of nitrogens with one attached hydrogen (secondary N) is 1. The maximum Gasteiger partial charge on any atom is 0.237 e. The Bertz CT molecular complexity index is 452. The number of carbonyl (C=O) groups is 1. The Morgan fingerprint density at radius 2 is 2.32 bits per heavy atom. The van der Waals surface area contributed by atoms with E-state index in [2.05, 4.69) is 5.32 Å². The third-order valence-electron chi connectivity index (χ3n) is 3.73. The van der Waals surface area contributed by atoms with Crippen molar-refractivity contribution in [1.29, 1.82) is 0 Å². The summed E-state index contributed by atoms with van der Waals surface area (Å²) in [5.41, 5.74) is 6.39. The lowest BCUT2D eigenvalue weighted by Gasteiger charge is -2.31. The van der Waals surface area contributed by atoms with E-state index in [9.17, 15) is 9.18 Å². The lowest BCUT2D eigenvalue weighted by Crippen LogP contribution is -2.45. The van der Waals surface area contributed by atoms with Gasteiger partial charge >= 0.3 is 0 Å². The lowest BCUT2D eigenvalue weighted by atomic mass is 10.0. The number of carbonyl (C=O) groups excluding carboxylic acids is 1. The van der Waals surface area contributed by atoms with Crippen LogP contribution in [0.2, 0.25) is 0 Å². The van der Waals surface area contributed by atoms with Crippen molar-refractivity contribution in [3.63, 3.8) is 0 Å². The van der Waals surface area contributed by atoms with Crippen molar-refractivity contribution in [3.8, 4) is 0 Å².